The van der Waals surface area contributed by atoms with Gasteiger partial charge < -0.3 is 15.4 Å². The molecule has 1 aromatic heterocycles. The van der Waals surface area contributed by atoms with E-state index in [1.54, 1.807) is 11.3 Å². The van der Waals surface area contributed by atoms with E-state index in [0.29, 0.717) is 6.54 Å². The van der Waals surface area contributed by atoms with Gasteiger partial charge in [-0.15, -0.1) is 11.3 Å². The van der Waals surface area contributed by atoms with Crippen LogP contribution in [-0.2, 0) is 24.8 Å². The van der Waals surface area contributed by atoms with Gasteiger partial charge in [-0.2, -0.15) is 0 Å². The Bertz CT molecular complexity index is 843. The summed E-state index contributed by atoms with van der Waals surface area (Å²) in [7, 11) is 0. The number of fused-ring (bicyclic) bond motifs is 3. The number of amides is 1. The number of carbonyl (C=O) groups excluding carboxylic acids is 1. The highest BCUT2D eigenvalue weighted by molar-refractivity contribution is 7.14. The smallest absolute Gasteiger partial charge is 0.263 e. The molecule has 1 amide bonds. The highest BCUT2D eigenvalue weighted by Gasteiger charge is 2.44. The molecule has 0 radical (unpaired) electrons. The number of nitrogens with zero attached hydrogens (tertiary/aromatic N) is 1. The fourth-order valence-electron chi connectivity index (χ4n) is 4.68. The minimum absolute atomic E-state index is 0.0501. The second kappa shape index (κ2) is 6.10. The summed E-state index contributed by atoms with van der Waals surface area (Å²) >= 11 is 1.71. The molecule has 3 aliphatic rings. The van der Waals surface area contributed by atoms with Crippen molar-refractivity contribution in [2.75, 3.05) is 19.7 Å². The zero-order chi connectivity index (χ0) is 17.7. The summed E-state index contributed by atoms with van der Waals surface area (Å²) in [4.78, 5) is 17.3. The molecule has 1 aliphatic carbocycles. The van der Waals surface area contributed by atoms with Gasteiger partial charge in [-0.3, -0.25) is 4.79 Å². The molecular formula is C21H24N2O2S. The lowest BCUT2D eigenvalue weighted by molar-refractivity contribution is 0.0651. The standard InChI is InChI=1S/C21H24N2O2S/c22-12-14-4-5-17-16(10-14)21(13-25-17)6-8-23(9-7-21)20(24)19-11-15-2-1-3-18(15)26-19/h4-5,10-11H,1-3,6-9,12-13,22H2. The number of piperidine rings is 1. The number of aryl methyl sites for hydroxylation is 2. The first-order chi connectivity index (χ1) is 12.7. The average Bonchev–Trinajstić information content (AvgIpc) is 3.36. The SMILES string of the molecule is NCc1ccc2c(c1)C1(CCN(C(=O)c3cc4c(s3)CCC4)CC1)CO2. The Morgan fingerprint density at radius 2 is 2.08 bits per heavy atom. The molecule has 5 heteroatoms. The fraction of sp³-hybridized carbons (Fsp3) is 0.476. The lowest BCUT2D eigenvalue weighted by Gasteiger charge is -2.38. The van der Waals surface area contributed by atoms with Gasteiger partial charge in [0.2, 0.25) is 0 Å². The third kappa shape index (κ3) is 2.48. The molecule has 5 rings (SSSR count). The van der Waals surface area contributed by atoms with E-state index in [2.05, 4.69) is 18.2 Å². The van der Waals surface area contributed by atoms with Gasteiger partial charge in [0.05, 0.1) is 11.5 Å². The van der Waals surface area contributed by atoms with Crippen LogP contribution in [-0.4, -0.2) is 30.5 Å². The second-order valence-electron chi connectivity index (χ2n) is 7.81. The molecule has 0 atom stereocenters. The van der Waals surface area contributed by atoms with Crippen molar-refractivity contribution in [1.29, 1.82) is 0 Å². The van der Waals surface area contributed by atoms with E-state index in [4.69, 9.17) is 10.5 Å². The highest BCUT2D eigenvalue weighted by atomic mass is 32.1. The molecular weight excluding hydrogens is 344 g/mol. The van der Waals surface area contributed by atoms with Crippen molar-refractivity contribution in [3.63, 3.8) is 0 Å². The van der Waals surface area contributed by atoms with Crippen molar-refractivity contribution in [2.24, 2.45) is 5.73 Å². The van der Waals surface area contributed by atoms with Crippen LogP contribution < -0.4 is 10.5 Å². The number of nitrogens with two attached hydrogens (primary N) is 1. The second-order valence-corrected chi connectivity index (χ2v) is 8.95. The quantitative estimate of drug-likeness (QED) is 0.885. The minimum atomic E-state index is 0.0501. The van der Waals surface area contributed by atoms with Crippen LogP contribution in [0, 0.1) is 0 Å². The summed E-state index contributed by atoms with van der Waals surface area (Å²) in [6, 6.07) is 8.45. The summed E-state index contributed by atoms with van der Waals surface area (Å²) in [6.45, 7) is 2.89. The third-order valence-corrected chi connectivity index (χ3v) is 7.55. The summed E-state index contributed by atoms with van der Waals surface area (Å²) in [5, 5.41) is 0. The van der Waals surface area contributed by atoms with Gasteiger partial charge >= 0.3 is 0 Å². The Balaban J connectivity index is 1.33. The van der Waals surface area contributed by atoms with Crippen LogP contribution in [0.15, 0.2) is 24.3 Å². The van der Waals surface area contributed by atoms with E-state index in [-0.39, 0.29) is 11.3 Å². The van der Waals surface area contributed by atoms with E-state index in [1.807, 2.05) is 11.0 Å². The highest BCUT2D eigenvalue weighted by Crippen LogP contribution is 2.46. The number of hydrogen-bond donors (Lipinski definition) is 1. The fourth-order valence-corrected chi connectivity index (χ4v) is 5.90. The van der Waals surface area contributed by atoms with Gasteiger partial charge in [-0.25, -0.2) is 0 Å². The van der Waals surface area contributed by atoms with E-state index >= 15 is 0 Å². The predicted molar refractivity (Wildman–Crippen MR) is 103 cm³/mol. The third-order valence-electron chi connectivity index (χ3n) is 6.32. The van der Waals surface area contributed by atoms with Crippen LogP contribution >= 0.6 is 11.3 Å². The number of ether oxygens (including phenoxy) is 1. The number of likely N-dealkylation sites (tertiary alicyclic amines) is 1. The van der Waals surface area contributed by atoms with E-state index in [9.17, 15) is 4.79 Å². The van der Waals surface area contributed by atoms with Crippen molar-refractivity contribution in [3.05, 3.63) is 50.7 Å². The van der Waals surface area contributed by atoms with Gasteiger partial charge in [-0.05, 0) is 55.4 Å². The number of hydrogen-bond acceptors (Lipinski definition) is 4. The van der Waals surface area contributed by atoms with Crippen LogP contribution in [0.25, 0.3) is 0 Å². The van der Waals surface area contributed by atoms with Crippen LogP contribution in [0.2, 0.25) is 0 Å². The maximum Gasteiger partial charge on any atom is 0.263 e. The number of carbonyl (C=O) groups is 1. The van der Waals surface area contributed by atoms with Crippen LogP contribution in [0.4, 0.5) is 0 Å². The van der Waals surface area contributed by atoms with E-state index in [0.717, 1.165) is 61.6 Å². The van der Waals surface area contributed by atoms with Crippen molar-refractivity contribution in [1.82, 2.24) is 4.90 Å². The minimum Gasteiger partial charge on any atom is -0.492 e. The van der Waals surface area contributed by atoms with Crippen LogP contribution in [0.3, 0.4) is 0 Å². The molecule has 1 saturated heterocycles. The Hall–Kier alpha value is -1.85. The van der Waals surface area contributed by atoms with Gasteiger partial charge in [-0.1, -0.05) is 12.1 Å². The Morgan fingerprint density at radius 3 is 2.85 bits per heavy atom. The van der Waals surface area contributed by atoms with E-state index < -0.39 is 0 Å². The maximum absolute atomic E-state index is 12.9. The van der Waals surface area contributed by atoms with Gasteiger partial charge in [0, 0.05) is 35.5 Å². The monoisotopic (exact) mass is 368 g/mol. The Morgan fingerprint density at radius 1 is 1.23 bits per heavy atom. The number of benzene rings is 1. The van der Waals surface area contributed by atoms with Crippen molar-refractivity contribution >= 4 is 17.2 Å². The largest absolute Gasteiger partial charge is 0.492 e. The molecule has 1 spiro atoms. The van der Waals surface area contributed by atoms with Crippen molar-refractivity contribution in [3.8, 4) is 5.75 Å². The van der Waals surface area contributed by atoms with Gasteiger partial charge in [0.15, 0.2) is 0 Å². The molecule has 136 valence electrons. The van der Waals surface area contributed by atoms with Crippen molar-refractivity contribution < 1.29 is 9.53 Å². The lowest BCUT2D eigenvalue weighted by atomic mass is 9.74. The molecule has 2 aliphatic heterocycles. The molecule has 0 saturated carbocycles. The summed E-state index contributed by atoms with van der Waals surface area (Å²) in [5.74, 6) is 1.21. The lowest BCUT2D eigenvalue weighted by Crippen LogP contribution is -2.45. The molecule has 3 heterocycles. The molecule has 1 fully saturated rings. The zero-order valence-corrected chi connectivity index (χ0v) is 15.7. The molecule has 26 heavy (non-hydrogen) atoms. The first-order valence-electron chi connectivity index (χ1n) is 9.56. The van der Waals surface area contributed by atoms with Crippen LogP contribution in [0.1, 0.15) is 50.5 Å². The maximum atomic E-state index is 12.9. The summed E-state index contributed by atoms with van der Waals surface area (Å²) in [5.41, 5.74) is 9.73. The summed E-state index contributed by atoms with van der Waals surface area (Å²) < 4.78 is 5.97. The van der Waals surface area contributed by atoms with E-state index in [1.165, 1.54) is 22.4 Å². The van der Waals surface area contributed by atoms with Crippen molar-refractivity contribution in [2.45, 2.75) is 44.1 Å². The molecule has 0 unspecified atom stereocenters. The predicted octanol–water partition coefficient (Wildman–Crippen LogP) is 3.26. The molecule has 2 aromatic rings. The Labute approximate surface area is 158 Å². The first kappa shape index (κ1) is 16.3. The molecule has 4 nitrogen and oxygen atoms in total. The van der Waals surface area contributed by atoms with Crippen LogP contribution in [0.5, 0.6) is 5.75 Å². The first-order valence-corrected chi connectivity index (χ1v) is 10.4. The normalized spacial score (nSPS) is 20.1. The van der Waals surface area contributed by atoms with Gasteiger partial charge in [0.25, 0.3) is 5.91 Å². The molecule has 1 aromatic carbocycles. The molecule has 2 N–H and O–H groups in total. The Kier molecular flexibility index (Phi) is 3.83. The number of rotatable bonds is 2. The number of thiophene rings is 1. The van der Waals surface area contributed by atoms with Gasteiger partial charge in [0.1, 0.15) is 5.75 Å². The zero-order valence-electron chi connectivity index (χ0n) is 14.9. The topological polar surface area (TPSA) is 55.6 Å². The summed E-state index contributed by atoms with van der Waals surface area (Å²) in [6.07, 6.45) is 5.45. The average molecular weight is 369 g/mol. The molecule has 0 bridgehead atoms.